The van der Waals surface area contributed by atoms with E-state index in [2.05, 4.69) is 44.3 Å². The molecule has 3 rings (SSSR count). The number of rotatable bonds is 3. The summed E-state index contributed by atoms with van der Waals surface area (Å²) in [6, 6.07) is 6.66. The molecule has 1 aromatic carbocycles. The van der Waals surface area contributed by atoms with Crippen LogP contribution in [-0.4, -0.2) is 9.97 Å². The predicted octanol–water partition coefficient (Wildman–Crippen LogP) is 2.85. The van der Waals surface area contributed by atoms with Gasteiger partial charge in [-0.3, -0.25) is 0 Å². The third-order valence-electron chi connectivity index (χ3n) is 3.80. The van der Waals surface area contributed by atoms with E-state index < -0.39 is 0 Å². The van der Waals surface area contributed by atoms with E-state index in [1.165, 1.54) is 33.6 Å². The summed E-state index contributed by atoms with van der Waals surface area (Å²) in [7, 11) is 0. The molecule has 3 heteroatoms. The van der Waals surface area contributed by atoms with E-state index in [4.69, 9.17) is 9.97 Å². The zero-order chi connectivity index (χ0) is 14.1. The number of nitrogens with zero attached hydrogens (tertiary/aromatic N) is 2. The lowest BCUT2D eigenvalue weighted by Crippen LogP contribution is -2.06. The molecule has 0 amide bonds. The van der Waals surface area contributed by atoms with Crippen LogP contribution in [0.4, 0.5) is 0 Å². The molecule has 0 saturated heterocycles. The Kier molecular flexibility index (Phi) is 3.53. The van der Waals surface area contributed by atoms with Gasteiger partial charge in [0, 0.05) is 30.8 Å². The molecule has 104 valence electrons. The second kappa shape index (κ2) is 5.33. The first-order valence-electron chi connectivity index (χ1n) is 7.31. The summed E-state index contributed by atoms with van der Waals surface area (Å²) >= 11 is 0. The summed E-state index contributed by atoms with van der Waals surface area (Å²) in [6.45, 7) is 8.25. The zero-order valence-corrected chi connectivity index (χ0v) is 12.5. The Bertz CT molecular complexity index is 627. The first kappa shape index (κ1) is 13.3. The summed E-state index contributed by atoms with van der Waals surface area (Å²) in [5.41, 5.74) is 7.62. The largest absolute Gasteiger partial charge is 0.307 e. The molecule has 0 aliphatic carbocycles. The van der Waals surface area contributed by atoms with Crippen molar-refractivity contribution in [3.8, 4) is 0 Å². The van der Waals surface area contributed by atoms with E-state index in [-0.39, 0.29) is 0 Å². The first-order chi connectivity index (χ1) is 9.65. The lowest BCUT2D eigenvalue weighted by molar-refractivity contribution is 0.754. The number of aryl methyl sites for hydroxylation is 3. The zero-order valence-electron chi connectivity index (χ0n) is 12.5. The number of aromatic nitrogens is 2. The van der Waals surface area contributed by atoms with Crippen LogP contribution >= 0.6 is 0 Å². The van der Waals surface area contributed by atoms with E-state index in [0.29, 0.717) is 0 Å². The van der Waals surface area contributed by atoms with Gasteiger partial charge >= 0.3 is 0 Å². The molecule has 3 nitrogen and oxygen atoms in total. The fourth-order valence-electron chi connectivity index (χ4n) is 3.02. The molecule has 2 heterocycles. The summed E-state index contributed by atoms with van der Waals surface area (Å²) in [6.07, 6.45) is 1.80. The minimum atomic E-state index is 0.822. The second-order valence-corrected chi connectivity index (χ2v) is 5.64. The van der Waals surface area contributed by atoms with Crippen LogP contribution in [-0.2, 0) is 25.9 Å². The third kappa shape index (κ3) is 2.59. The molecule has 0 atom stereocenters. The number of fused-ring (bicyclic) bond motifs is 1. The van der Waals surface area contributed by atoms with Crippen LogP contribution < -0.4 is 5.32 Å². The van der Waals surface area contributed by atoms with E-state index in [1.807, 2.05) is 0 Å². The maximum atomic E-state index is 4.77. The van der Waals surface area contributed by atoms with Crippen molar-refractivity contribution in [2.45, 2.75) is 46.7 Å². The molecule has 0 unspecified atom stereocenters. The number of hydrogen-bond donors (Lipinski definition) is 1. The number of nitrogens with one attached hydrogen (secondary N) is 1. The Morgan fingerprint density at radius 2 is 1.80 bits per heavy atom. The average Bonchev–Trinajstić information content (AvgIpc) is 2.84. The molecule has 20 heavy (non-hydrogen) atoms. The monoisotopic (exact) mass is 267 g/mol. The van der Waals surface area contributed by atoms with E-state index in [1.54, 1.807) is 0 Å². The second-order valence-electron chi connectivity index (χ2n) is 5.64. The number of benzene rings is 1. The summed E-state index contributed by atoms with van der Waals surface area (Å²) in [4.78, 5) is 9.51. The van der Waals surface area contributed by atoms with Gasteiger partial charge in [0.15, 0.2) is 0 Å². The van der Waals surface area contributed by atoms with Gasteiger partial charge in [0.1, 0.15) is 5.82 Å². The smallest absolute Gasteiger partial charge is 0.133 e. The highest BCUT2D eigenvalue weighted by Gasteiger charge is 2.17. The molecule has 0 saturated carbocycles. The van der Waals surface area contributed by atoms with Crippen molar-refractivity contribution >= 4 is 0 Å². The van der Waals surface area contributed by atoms with Gasteiger partial charge in [0.2, 0.25) is 0 Å². The molecule has 0 spiro atoms. The molecule has 1 N–H and O–H groups in total. The van der Waals surface area contributed by atoms with Crippen molar-refractivity contribution < 1.29 is 0 Å². The molecule has 1 aliphatic heterocycles. The van der Waals surface area contributed by atoms with E-state index in [9.17, 15) is 0 Å². The van der Waals surface area contributed by atoms with Gasteiger partial charge in [-0.25, -0.2) is 9.97 Å². The van der Waals surface area contributed by atoms with Gasteiger partial charge in [0.25, 0.3) is 0 Å². The van der Waals surface area contributed by atoms with Gasteiger partial charge < -0.3 is 5.32 Å². The Morgan fingerprint density at radius 1 is 1.05 bits per heavy atom. The maximum absolute atomic E-state index is 4.77. The van der Waals surface area contributed by atoms with Gasteiger partial charge in [-0.2, -0.15) is 0 Å². The van der Waals surface area contributed by atoms with Crippen molar-refractivity contribution in [1.82, 2.24) is 15.3 Å². The van der Waals surface area contributed by atoms with Crippen molar-refractivity contribution in [1.29, 1.82) is 0 Å². The van der Waals surface area contributed by atoms with E-state index in [0.717, 1.165) is 31.8 Å². The average molecular weight is 267 g/mol. The van der Waals surface area contributed by atoms with Crippen molar-refractivity contribution in [2.24, 2.45) is 0 Å². The molecule has 1 aliphatic rings. The topological polar surface area (TPSA) is 37.8 Å². The predicted molar refractivity (Wildman–Crippen MR) is 80.7 cm³/mol. The number of hydrogen-bond acceptors (Lipinski definition) is 3. The Hall–Kier alpha value is -1.74. The molecular weight excluding hydrogens is 246 g/mol. The fourth-order valence-corrected chi connectivity index (χ4v) is 3.02. The molecule has 0 bridgehead atoms. The lowest BCUT2D eigenvalue weighted by Gasteiger charge is -2.09. The van der Waals surface area contributed by atoms with Crippen molar-refractivity contribution in [3.05, 3.63) is 57.7 Å². The first-order valence-corrected chi connectivity index (χ1v) is 7.31. The van der Waals surface area contributed by atoms with Crippen LogP contribution in [0, 0.1) is 13.8 Å². The molecule has 0 fully saturated rings. The minimum absolute atomic E-state index is 0.822. The highest BCUT2D eigenvalue weighted by atomic mass is 15.0. The SMILES string of the molecule is CCc1nc(Cc2cc(C)cc(C)c2)nc2c1CNC2. The van der Waals surface area contributed by atoms with Crippen LogP contribution in [0.3, 0.4) is 0 Å². The van der Waals surface area contributed by atoms with Gasteiger partial charge in [0.05, 0.1) is 5.69 Å². The molecule has 2 aromatic rings. The normalized spacial score (nSPS) is 13.6. The molecular formula is C17H21N3. The molecule has 0 radical (unpaired) electrons. The van der Waals surface area contributed by atoms with Crippen molar-refractivity contribution in [2.75, 3.05) is 0 Å². The quantitative estimate of drug-likeness (QED) is 0.929. The Balaban J connectivity index is 1.95. The van der Waals surface area contributed by atoms with Crippen LogP contribution in [0.25, 0.3) is 0 Å². The third-order valence-corrected chi connectivity index (χ3v) is 3.80. The van der Waals surface area contributed by atoms with Crippen molar-refractivity contribution in [3.63, 3.8) is 0 Å². The maximum Gasteiger partial charge on any atom is 0.133 e. The minimum Gasteiger partial charge on any atom is -0.307 e. The van der Waals surface area contributed by atoms with Crippen LogP contribution in [0.5, 0.6) is 0 Å². The Labute approximate surface area is 120 Å². The molecule has 1 aromatic heterocycles. The van der Waals surface area contributed by atoms with Crippen LogP contribution in [0.2, 0.25) is 0 Å². The summed E-state index contributed by atoms with van der Waals surface area (Å²) < 4.78 is 0. The standard InChI is InChI=1S/C17H21N3/c1-4-15-14-9-18-10-16(14)20-17(19-15)8-13-6-11(2)5-12(3)7-13/h5-7,18H,4,8-10H2,1-3H3. The fraction of sp³-hybridized carbons (Fsp3) is 0.412. The highest BCUT2D eigenvalue weighted by molar-refractivity contribution is 5.33. The van der Waals surface area contributed by atoms with Gasteiger partial charge in [-0.05, 0) is 25.8 Å². The summed E-state index contributed by atoms with van der Waals surface area (Å²) in [5, 5.41) is 3.37. The van der Waals surface area contributed by atoms with Crippen LogP contribution in [0.1, 0.15) is 46.4 Å². The van der Waals surface area contributed by atoms with Gasteiger partial charge in [-0.15, -0.1) is 0 Å². The van der Waals surface area contributed by atoms with Gasteiger partial charge in [-0.1, -0.05) is 36.2 Å². The lowest BCUT2D eigenvalue weighted by atomic mass is 10.0. The summed E-state index contributed by atoms with van der Waals surface area (Å²) in [5.74, 6) is 0.953. The van der Waals surface area contributed by atoms with Crippen LogP contribution in [0.15, 0.2) is 18.2 Å². The van der Waals surface area contributed by atoms with E-state index >= 15 is 0 Å². The highest BCUT2D eigenvalue weighted by Crippen LogP contribution is 2.19. The Morgan fingerprint density at radius 3 is 2.50 bits per heavy atom.